The highest BCUT2D eigenvalue weighted by molar-refractivity contribution is 5.49. The number of benzene rings is 1. The molecule has 1 saturated heterocycles. The van der Waals surface area contributed by atoms with Gasteiger partial charge in [-0.1, -0.05) is 12.1 Å². The van der Waals surface area contributed by atoms with Crippen LogP contribution >= 0.6 is 0 Å². The first kappa shape index (κ1) is 13.3. The fourth-order valence-corrected chi connectivity index (χ4v) is 2.44. The molecule has 2 rings (SSSR count). The quantitative estimate of drug-likeness (QED) is 0.853. The van der Waals surface area contributed by atoms with E-state index in [0.717, 1.165) is 19.6 Å². The Labute approximate surface area is 109 Å². The minimum absolute atomic E-state index is 0.159. The Balaban J connectivity index is 2.04. The van der Waals surface area contributed by atoms with Gasteiger partial charge in [0.05, 0.1) is 0 Å². The van der Waals surface area contributed by atoms with Crippen molar-refractivity contribution in [3.63, 3.8) is 0 Å². The SMILES string of the molecule is CNCc1ccc(N2CC(OC)C(OC)C2)cc1. The predicted molar refractivity (Wildman–Crippen MR) is 73.0 cm³/mol. The van der Waals surface area contributed by atoms with Gasteiger partial charge in [0.25, 0.3) is 0 Å². The van der Waals surface area contributed by atoms with Gasteiger partial charge in [0.2, 0.25) is 0 Å². The summed E-state index contributed by atoms with van der Waals surface area (Å²) in [6.45, 7) is 2.68. The zero-order valence-electron chi connectivity index (χ0n) is 11.3. The second kappa shape index (κ2) is 6.18. The van der Waals surface area contributed by atoms with E-state index < -0.39 is 0 Å². The fraction of sp³-hybridized carbons (Fsp3) is 0.571. The maximum absolute atomic E-state index is 5.45. The van der Waals surface area contributed by atoms with Crippen LogP contribution in [0.25, 0.3) is 0 Å². The highest BCUT2D eigenvalue weighted by Gasteiger charge is 2.32. The minimum Gasteiger partial charge on any atom is -0.377 e. The standard InChI is InChI=1S/C14H22N2O2/c1-15-8-11-4-6-12(7-5-11)16-9-13(17-2)14(10-16)18-3/h4-7,13-15H,8-10H2,1-3H3. The third kappa shape index (κ3) is 2.83. The Bertz CT molecular complexity index is 355. The van der Waals surface area contributed by atoms with Crippen molar-refractivity contribution in [1.82, 2.24) is 5.32 Å². The number of nitrogens with zero attached hydrogens (tertiary/aromatic N) is 1. The summed E-state index contributed by atoms with van der Waals surface area (Å²) in [6, 6.07) is 8.65. The van der Waals surface area contributed by atoms with Gasteiger partial charge in [0, 0.05) is 39.5 Å². The number of rotatable bonds is 5. The molecule has 0 aromatic heterocycles. The number of ether oxygens (including phenoxy) is 2. The molecular weight excluding hydrogens is 228 g/mol. The van der Waals surface area contributed by atoms with Gasteiger partial charge in [-0.05, 0) is 24.7 Å². The van der Waals surface area contributed by atoms with Gasteiger partial charge in [-0.15, -0.1) is 0 Å². The predicted octanol–water partition coefficient (Wildman–Crippen LogP) is 1.26. The first-order chi connectivity index (χ1) is 8.78. The van der Waals surface area contributed by atoms with E-state index in [1.165, 1.54) is 11.3 Å². The molecule has 0 saturated carbocycles. The third-order valence-electron chi connectivity index (χ3n) is 3.50. The van der Waals surface area contributed by atoms with E-state index in [9.17, 15) is 0 Å². The average molecular weight is 250 g/mol. The van der Waals surface area contributed by atoms with Gasteiger partial charge < -0.3 is 19.7 Å². The van der Waals surface area contributed by atoms with Crippen LogP contribution in [0.5, 0.6) is 0 Å². The van der Waals surface area contributed by atoms with Crippen LogP contribution in [0.2, 0.25) is 0 Å². The highest BCUT2D eigenvalue weighted by Crippen LogP contribution is 2.23. The van der Waals surface area contributed by atoms with Gasteiger partial charge in [0.1, 0.15) is 12.2 Å². The Morgan fingerprint density at radius 3 is 2.11 bits per heavy atom. The number of hydrogen-bond acceptors (Lipinski definition) is 4. The van der Waals surface area contributed by atoms with E-state index in [0.29, 0.717) is 0 Å². The van der Waals surface area contributed by atoms with Crippen molar-refractivity contribution in [3.8, 4) is 0 Å². The monoisotopic (exact) mass is 250 g/mol. The van der Waals surface area contributed by atoms with Crippen LogP contribution in [0.4, 0.5) is 5.69 Å². The van der Waals surface area contributed by atoms with Crippen LogP contribution in [0.15, 0.2) is 24.3 Å². The highest BCUT2D eigenvalue weighted by atomic mass is 16.5. The molecule has 1 aromatic carbocycles. The molecule has 18 heavy (non-hydrogen) atoms. The maximum Gasteiger partial charge on any atom is 0.102 e. The van der Waals surface area contributed by atoms with Crippen LogP contribution < -0.4 is 10.2 Å². The second-order valence-electron chi connectivity index (χ2n) is 4.65. The summed E-state index contributed by atoms with van der Waals surface area (Å²) < 4.78 is 10.9. The van der Waals surface area contributed by atoms with E-state index in [1.807, 2.05) is 7.05 Å². The molecule has 100 valence electrons. The van der Waals surface area contributed by atoms with Crippen molar-refractivity contribution < 1.29 is 9.47 Å². The smallest absolute Gasteiger partial charge is 0.102 e. The van der Waals surface area contributed by atoms with Crippen molar-refractivity contribution >= 4 is 5.69 Å². The lowest BCUT2D eigenvalue weighted by Gasteiger charge is -2.18. The molecule has 0 amide bonds. The summed E-state index contributed by atoms with van der Waals surface area (Å²) in [7, 11) is 5.45. The maximum atomic E-state index is 5.45. The van der Waals surface area contributed by atoms with E-state index in [2.05, 4.69) is 34.5 Å². The summed E-state index contributed by atoms with van der Waals surface area (Å²) in [4.78, 5) is 2.31. The first-order valence-corrected chi connectivity index (χ1v) is 6.32. The molecule has 1 aliphatic rings. The molecule has 0 aliphatic carbocycles. The average Bonchev–Trinajstić information content (AvgIpc) is 2.83. The van der Waals surface area contributed by atoms with Crippen molar-refractivity contribution in [2.75, 3.05) is 39.3 Å². The molecule has 0 radical (unpaired) electrons. The number of anilines is 1. The number of hydrogen-bond donors (Lipinski definition) is 1. The van der Waals surface area contributed by atoms with Gasteiger partial charge >= 0.3 is 0 Å². The Kier molecular flexibility index (Phi) is 4.58. The summed E-state index contributed by atoms with van der Waals surface area (Å²) in [6.07, 6.45) is 0.318. The van der Waals surface area contributed by atoms with Crippen LogP contribution in [0.1, 0.15) is 5.56 Å². The van der Waals surface area contributed by atoms with Gasteiger partial charge in [-0.3, -0.25) is 0 Å². The Hall–Kier alpha value is -1.10. The van der Waals surface area contributed by atoms with Gasteiger partial charge in [-0.2, -0.15) is 0 Å². The number of nitrogens with one attached hydrogen (secondary N) is 1. The van der Waals surface area contributed by atoms with Gasteiger partial charge in [-0.25, -0.2) is 0 Å². The minimum atomic E-state index is 0.159. The molecule has 1 heterocycles. The van der Waals surface area contributed by atoms with E-state index in [1.54, 1.807) is 14.2 Å². The largest absolute Gasteiger partial charge is 0.377 e. The lowest BCUT2D eigenvalue weighted by atomic mass is 10.2. The van der Waals surface area contributed by atoms with E-state index in [-0.39, 0.29) is 12.2 Å². The van der Waals surface area contributed by atoms with Crippen molar-refractivity contribution in [3.05, 3.63) is 29.8 Å². The zero-order valence-corrected chi connectivity index (χ0v) is 11.3. The Morgan fingerprint density at radius 1 is 1.11 bits per heavy atom. The molecule has 2 atom stereocenters. The molecule has 0 bridgehead atoms. The summed E-state index contributed by atoms with van der Waals surface area (Å²) >= 11 is 0. The van der Waals surface area contributed by atoms with E-state index in [4.69, 9.17) is 9.47 Å². The van der Waals surface area contributed by atoms with Crippen molar-refractivity contribution in [2.24, 2.45) is 0 Å². The normalized spacial score (nSPS) is 23.6. The number of methoxy groups -OCH3 is 2. The third-order valence-corrected chi connectivity index (χ3v) is 3.50. The second-order valence-corrected chi connectivity index (χ2v) is 4.65. The lowest BCUT2D eigenvalue weighted by molar-refractivity contribution is -0.00461. The van der Waals surface area contributed by atoms with Crippen molar-refractivity contribution in [2.45, 2.75) is 18.8 Å². The first-order valence-electron chi connectivity index (χ1n) is 6.32. The molecule has 1 aliphatic heterocycles. The molecule has 1 aromatic rings. The fourth-order valence-electron chi connectivity index (χ4n) is 2.44. The molecule has 0 spiro atoms. The van der Waals surface area contributed by atoms with Crippen LogP contribution in [-0.4, -0.2) is 46.6 Å². The van der Waals surface area contributed by atoms with E-state index >= 15 is 0 Å². The summed E-state index contributed by atoms with van der Waals surface area (Å²) in [5, 5.41) is 3.15. The molecule has 1 N–H and O–H groups in total. The zero-order chi connectivity index (χ0) is 13.0. The molecule has 4 nitrogen and oxygen atoms in total. The van der Waals surface area contributed by atoms with Gasteiger partial charge in [0.15, 0.2) is 0 Å². The van der Waals surface area contributed by atoms with Crippen LogP contribution in [0.3, 0.4) is 0 Å². The lowest BCUT2D eigenvalue weighted by Crippen LogP contribution is -2.27. The van der Waals surface area contributed by atoms with Crippen molar-refractivity contribution in [1.29, 1.82) is 0 Å². The molecule has 1 fully saturated rings. The summed E-state index contributed by atoms with van der Waals surface area (Å²) in [5.74, 6) is 0. The topological polar surface area (TPSA) is 33.7 Å². The molecule has 4 heteroatoms. The molecule has 2 unspecified atom stereocenters. The summed E-state index contributed by atoms with van der Waals surface area (Å²) in [5.41, 5.74) is 2.53. The van der Waals surface area contributed by atoms with Crippen LogP contribution in [-0.2, 0) is 16.0 Å². The molecular formula is C14H22N2O2. The Morgan fingerprint density at radius 2 is 1.67 bits per heavy atom. The van der Waals surface area contributed by atoms with Crippen LogP contribution in [0, 0.1) is 0 Å².